The Bertz CT molecular complexity index is 174. The second kappa shape index (κ2) is 7.29. The van der Waals surface area contributed by atoms with E-state index in [4.69, 9.17) is 5.73 Å². The van der Waals surface area contributed by atoms with E-state index in [0.717, 1.165) is 18.4 Å². The first-order valence-electron chi connectivity index (χ1n) is 7.03. The van der Waals surface area contributed by atoms with Crippen molar-refractivity contribution in [2.45, 2.75) is 58.4 Å². The number of likely N-dealkylation sites (N-methyl/N-ethyl adjacent to an activating group) is 1. The van der Waals surface area contributed by atoms with Crippen LogP contribution in [0, 0.1) is 11.8 Å². The van der Waals surface area contributed by atoms with Gasteiger partial charge in [-0.2, -0.15) is 0 Å². The summed E-state index contributed by atoms with van der Waals surface area (Å²) < 4.78 is 0. The molecule has 0 saturated heterocycles. The summed E-state index contributed by atoms with van der Waals surface area (Å²) in [7, 11) is 2.26. The van der Waals surface area contributed by atoms with E-state index in [1.165, 1.54) is 45.1 Å². The first kappa shape index (κ1) is 14.0. The summed E-state index contributed by atoms with van der Waals surface area (Å²) in [5.41, 5.74) is 5.89. The van der Waals surface area contributed by atoms with Crippen molar-refractivity contribution in [3.8, 4) is 0 Å². The highest BCUT2D eigenvalue weighted by Gasteiger charge is 2.20. The molecule has 2 nitrogen and oxygen atoms in total. The lowest BCUT2D eigenvalue weighted by atomic mass is 9.88. The van der Waals surface area contributed by atoms with Crippen LogP contribution in [0.25, 0.3) is 0 Å². The van der Waals surface area contributed by atoms with Crippen LogP contribution in [0.5, 0.6) is 0 Å². The summed E-state index contributed by atoms with van der Waals surface area (Å²) in [4.78, 5) is 2.51. The minimum absolute atomic E-state index is 0.585. The lowest BCUT2D eigenvalue weighted by molar-refractivity contribution is 0.168. The van der Waals surface area contributed by atoms with E-state index in [1.807, 2.05) is 0 Å². The Morgan fingerprint density at radius 2 is 1.81 bits per heavy atom. The van der Waals surface area contributed by atoms with Crippen molar-refractivity contribution in [2.24, 2.45) is 17.6 Å². The van der Waals surface area contributed by atoms with E-state index in [0.29, 0.717) is 6.04 Å². The molecule has 1 atom stereocenters. The molecule has 2 N–H and O–H groups in total. The second-order valence-corrected chi connectivity index (χ2v) is 5.96. The predicted molar refractivity (Wildman–Crippen MR) is 71.5 cm³/mol. The molecule has 1 saturated carbocycles. The minimum atomic E-state index is 0.585. The summed E-state index contributed by atoms with van der Waals surface area (Å²) in [6.45, 7) is 6.64. The first-order valence-corrected chi connectivity index (χ1v) is 7.03. The molecule has 0 spiro atoms. The van der Waals surface area contributed by atoms with Crippen molar-refractivity contribution in [1.29, 1.82) is 0 Å². The van der Waals surface area contributed by atoms with E-state index in [-0.39, 0.29) is 0 Å². The molecule has 0 heterocycles. The molecule has 1 aliphatic rings. The number of nitrogens with zero attached hydrogens (tertiary/aromatic N) is 1. The predicted octanol–water partition coefficient (Wildman–Crippen LogP) is 2.87. The van der Waals surface area contributed by atoms with E-state index in [9.17, 15) is 0 Å². The highest BCUT2D eigenvalue weighted by atomic mass is 15.1. The molecule has 96 valence electrons. The molecule has 1 fully saturated rings. The van der Waals surface area contributed by atoms with Crippen molar-refractivity contribution < 1.29 is 0 Å². The molecule has 0 aromatic carbocycles. The van der Waals surface area contributed by atoms with Gasteiger partial charge in [0.15, 0.2) is 0 Å². The molecule has 1 unspecified atom stereocenters. The van der Waals surface area contributed by atoms with Gasteiger partial charge >= 0.3 is 0 Å². The summed E-state index contributed by atoms with van der Waals surface area (Å²) in [6, 6.07) is 0.585. The van der Waals surface area contributed by atoms with E-state index < -0.39 is 0 Å². The van der Waals surface area contributed by atoms with Crippen LogP contribution in [0.1, 0.15) is 52.4 Å². The maximum atomic E-state index is 5.89. The third-order valence-corrected chi connectivity index (χ3v) is 3.91. The zero-order valence-corrected chi connectivity index (χ0v) is 11.4. The van der Waals surface area contributed by atoms with Gasteiger partial charge in [0.1, 0.15) is 0 Å². The lowest BCUT2D eigenvalue weighted by Crippen LogP contribution is -2.41. The van der Waals surface area contributed by atoms with Crippen LogP contribution in [0.15, 0.2) is 0 Å². The summed E-state index contributed by atoms with van der Waals surface area (Å²) >= 11 is 0. The third kappa shape index (κ3) is 4.84. The van der Waals surface area contributed by atoms with Crippen molar-refractivity contribution in [3.63, 3.8) is 0 Å². The quantitative estimate of drug-likeness (QED) is 0.754. The number of hydrogen-bond donors (Lipinski definition) is 1. The topological polar surface area (TPSA) is 29.3 Å². The largest absolute Gasteiger partial charge is 0.329 e. The van der Waals surface area contributed by atoms with Gasteiger partial charge < -0.3 is 10.6 Å². The number of nitrogens with two attached hydrogens (primary N) is 1. The Kier molecular flexibility index (Phi) is 6.37. The zero-order chi connectivity index (χ0) is 12.0. The van der Waals surface area contributed by atoms with E-state index >= 15 is 0 Å². The van der Waals surface area contributed by atoms with Crippen molar-refractivity contribution >= 4 is 0 Å². The van der Waals surface area contributed by atoms with Gasteiger partial charge in [-0.25, -0.2) is 0 Å². The molecular formula is C14H30N2. The van der Waals surface area contributed by atoms with Gasteiger partial charge in [0.05, 0.1) is 0 Å². The maximum absolute atomic E-state index is 5.89. The Morgan fingerprint density at radius 3 is 2.31 bits per heavy atom. The van der Waals surface area contributed by atoms with Gasteiger partial charge in [0.25, 0.3) is 0 Å². The van der Waals surface area contributed by atoms with Gasteiger partial charge in [-0.1, -0.05) is 33.1 Å². The standard InChI is InChI=1S/C14H30N2/c1-12(2)9-14(10-15)16(3)11-13-7-5-4-6-8-13/h12-14H,4-11,15H2,1-3H3. The molecule has 0 amide bonds. The number of rotatable bonds is 6. The molecule has 0 radical (unpaired) electrons. The van der Waals surface area contributed by atoms with Gasteiger partial charge in [0, 0.05) is 19.1 Å². The molecule has 1 aliphatic carbocycles. The third-order valence-electron chi connectivity index (χ3n) is 3.91. The van der Waals surface area contributed by atoms with Crippen molar-refractivity contribution in [2.75, 3.05) is 20.1 Å². The molecule has 0 bridgehead atoms. The van der Waals surface area contributed by atoms with E-state index in [1.54, 1.807) is 0 Å². The molecule has 16 heavy (non-hydrogen) atoms. The summed E-state index contributed by atoms with van der Waals surface area (Å²) in [6.07, 6.45) is 8.44. The Morgan fingerprint density at radius 1 is 1.19 bits per heavy atom. The highest BCUT2D eigenvalue weighted by Crippen LogP contribution is 2.25. The van der Waals surface area contributed by atoms with Crippen molar-refractivity contribution in [1.82, 2.24) is 4.90 Å². The average molecular weight is 226 g/mol. The Labute approximate surface area is 102 Å². The summed E-state index contributed by atoms with van der Waals surface area (Å²) in [5.74, 6) is 1.68. The van der Waals surface area contributed by atoms with Crippen LogP contribution in [0.3, 0.4) is 0 Å². The molecule has 0 aromatic rings. The fourth-order valence-electron chi connectivity index (χ4n) is 2.93. The molecule has 0 aliphatic heterocycles. The SMILES string of the molecule is CC(C)CC(CN)N(C)CC1CCCCC1. The maximum Gasteiger partial charge on any atom is 0.0217 e. The van der Waals surface area contributed by atoms with Crippen LogP contribution in [0.4, 0.5) is 0 Å². The molecule has 0 aromatic heterocycles. The van der Waals surface area contributed by atoms with Crippen LogP contribution in [-0.2, 0) is 0 Å². The molecule has 2 heteroatoms. The smallest absolute Gasteiger partial charge is 0.0217 e. The molecular weight excluding hydrogens is 196 g/mol. The number of hydrogen-bond acceptors (Lipinski definition) is 2. The van der Waals surface area contributed by atoms with Crippen molar-refractivity contribution in [3.05, 3.63) is 0 Å². The van der Waals surface area contributed by atoms with Gasteiger partial charge in [0.2, 0.25) is 0 Å². The Hall–Kier alpha value is -0.0800. The van der Waals surface area contributed by atoms with Crippen LogP contribution in [-0.4, -0.2) is 31.1 Å². The fraction of sp³-hybridized carbons (Fsp3) is 1.00. The second-order valence-electron chi connectivity index (χ2n) is 5.96. The Balaban J connectivity index is 2.32. The zero-order valence-electron chi connectivity index (χ0n) is 11.4. The monoisotopic (exact) mass is 226 g/mol. The summed E-state index contributed by atoms with van der Waals surface area (Å²) in [5, 5.41) is 0. The average Bonchev–Trinajstić information content (AvgIpc) is 2.26. The van der Waals surface area contributed by atoms with Crippen LogP contribution in [0.2, 0.25) is 0 Å². The van der Waals surface area contributed by atoms with Gasteiger partial charge in [-0.3, -0.25) is 0 Å². The minimum Gasteiger partial charge on any atom is -0.329 e. The van der Waals surface area contributed by atoms with Crippen LogP contribution < -0.4 is 5.73 Å². The highest BCUT2D eigenvalue weighted by molar-refractivity contribution is 4.75. The van der Waals surface area contributed by atoms with Gasteiger partial charge in [-0.15, -0.1) is 0 Å². The normalized spacial score (nSPS) is 20.6. The van der Waals surface area contributed by atoms with Crippen LogP contribution >= 0.6 is 0 Å². The lowest BCUT2D eigenvalue weighted by Gasteiger charge is -2.33. The first-order chi connectivity index (χ1) is 7.63. The molecule has 1 rings (SSSR count). The van der Waals surface area contributed by atoms with Gasteiger partial charge in [-0.05, 0) is 38.1 Å². The van der Waals surface area contributed by atoms with E-state index in [2.05, 4.69) is 25.8 Å². The fourth-order valence-corrected chi connectivity index (χ4v) is 2.93.